The van der Waals surface area contributed by atoms with Crippen LogP contribution in [-0.4, -0.2) is 27.3 Å². The predicted octanol–water partition coefficient (Wildman–Crippen LogP) is 1.52. The lowest BCUT2D eigenvalue weighted by Crippen LogP contribution is -2.29. The Kier molecular flexibility index (Phi) is 4.04. The lowest BCUT2D eigenvalue weighted by atomic mass is 9.92. The van der Waals surface area contributed by atoms with Crippen molar-refractivity contribution in [3.05, 3.63) is 35.0 Å². The first kappa shape index (κ1) is 13.8. The van der Waals surface area contributed by atoms with Gasteiger partial charge < -0.3 is 9.88 Å². The molecule has 0 spiro atoms. The maximum absolute atomic E-state index is 12.1. The van der Waals surface area contributed by atoms with Gasteiger partial charge in [-0.15, -0.1) is 0 Å². The molecule has 0 amide bonds. The minimum atomic E-state index is 0.0117. The van der Waals surface area contributed by atoms with Crippen molar-refractivity contribution in [1.29, 1.82) is 0 Å². The van der Waals surface area contributed by atoms with E-state index in [-0.39, 0.29) is 5.56 Å². The number of rotatable bonds is 5. The summed E-state index contributed by atoms with van der Waals surface area (Å²) in [7, 11) is 0. The van der Waals surface area contributed by atoms with Gasteiger partial charge in [0, 0.05) is 25.5 Å². The maximum atomic E-state index is 12.1. The number of nitrogens with one attached hydrogen (secondary N) is 1. The fourth-order valence-electron chi connectivity index (χ4n) is 1.92. The first-order valence-electron chi connectivity index (χ1n) is 6.71. The van der Waals surface area contributed by atoms with E-state index in [1.807, 2.05) is 6.20 Å². The predicted molar refractivity (Wildman–Crippen MR) is 76.4 cm³/mol. The van der Waals surface area contributed by atoms with Crippen LogP contribution in [0.3, 0.4) is 0 Å². The highest BCUT2D eigenvalue weighted by Crippen LogP contribution is 2.16. The largest absolute Gasteiger partial charge is 0.315 e. The van der Waals surface area contributed by atoms with Gasteiger partial charge in [0.15, 0.2) is 0 Å². The SMILES string of the molecule is CC(C)(C)CCNCCn1ccn2nccc2c1=O. The highest BCUT2D eigenvalue weighted by molar-refractivity contribution is 5.42. The van der Waals surface area contributed by atoms with Gasteiger partial charge in [-0.2, -0.15) is 5.10 Å². The van der Waals surface area contributed by atoms with Crippen molar-refractivity contribution in [2.75, 3.05) is 13.1 Å². The molecule has 0 aliphatic carbocycles. The van der Waals surface area contributed by atoms with Gasteiger partial charge in [-0.05, 0) is 24.4 Å². The average molecular weight is 262 g/mol. The first-order chi connectivity index (χ1) is 8.97. The molecule has 0 saturated heterocycles. The average Bonchev–Trinajstić information content (AvgIpc) is 2.79. The number of aromatic nitrogens is 3. The van der Waals surface area contributed by atoms with Crippen LogP contribution in [0, 0.1) is 5.41 Å². The molecule has 2 aromatic heterocycles. The Morgan fingerprint density at radius 3 is 2.79 bits per heavy atom. The Morgan fingerprint density at radius 1 is 1.26 bits per heavy atom. The third-order valence-corrected chi connectivity index (χ3v) is 3.12. The normalized spacial score (nSPS) is 12.2. The quantitative estimate of drug-likeness (QED) is 0.831. The molecule has 0 bridgehead atoms. The summed E-state index contributed by atoms with van der Waals surface area (Å²) in [5.74, 6) is 0. The minimum absolute atomic E-state index is 0.0117. The minimum Gasteiger partial charge on any atom is -0.315 e. The van der Waals surface area contributed by atoms with Crippen LogP contribution in [0.5, 0.6) is 0 Å². The summed E-state index contributed by atoms with van der Waals surface area (Å²) >= 11 is 0. The monoisotopic (exact) mass is 262 g/mol. The molecule has 0 radical (unpaired) electrons. The zero-order valence-corrected chi connectivity index (χ0v) is 11.9. The van der Waals surface area contributed by atoms with Crippen LogP contribution < -0.4 is 10.9 Å². The molecule has 0 aliphatic rings. The first-order valence-corrected chi connectivity index (χ1v) is 6.71. The van der Waals surface area contributed by atoms with Crippen LogP contribution >= 0.6 is 0 Å². The second-order valence-corrected chi connectivity index (χ2v) is 6.02. The third-order valence-electron chi connectivity index (χ3n) is 3.12. The van der Waals surface area contributed by atoms with E-state index in [1.165, 1.54) is 0 Å². The molecule has 2 rings (SSSR count). The van der Waals surface area contributed by atoms with E-state index in [0.717, 1.165) is 19.5 Å². The smallest absolute Gasteiger partial charge is 0.276 e. The second kappa shape index (κ2) is 5.57. The zero-order valence-electron chi connectivity index (χ0n) is 11.9. The van der Waals surface area contributed by atoms with E-state index < -0.39 is 0 Å². The van der Waals surface area contributed by atoms with Crippen molar-refractivity contribution in [1.82, 2.24) is 19.5 Å². The van der Waals surface area contributed by atoms with Crippen molar-refractivity contribution in [3.63, 3.8) is 0 Å². The molecule has 0 fully saturated rings. The third kappa shape index (κ3) is 3.67. The molecular weight excluding hydrogens is 240 g/mol. The molecule has 0 unspecified atom stereocenters. The molecule has 2 aromatic rings. The highest BCUT2D eigenvalue weighted by Gasteiger charge is 2.08. The lowest BCUT2D eigenvalue weighted by Gasteiger charge is -2.18. The molecule has 0 atom stereocenters. The van der Waals surface area contributed by atoms with Gasteiger partial charge in [0.05, 0.1) is 6.20 Å². The van der Waals surface area contributed by atoms with Crippen molar-refractivity contribution >= 4 is 5.52 Å². The van der Waals surface area contributed by atoms with Gasteiger partial charge in [0.1, 0.15) is 5.52 Å². The van der Waals surface area contributed by atoms with Crippen molar-refractivity contribution in [2.45, 2.75) is 33.7 Å². The van der Waals surface area contributed by atoms with Crippen LogP contribution in [0.15, 0.2) is 29.5 Å². The van der Waals surface area contributed by atoms with Gasteiger partial charge in [0.25, 0.3) is 5.56 Å². The Hall–Kier alpha value is -1.62. The van der Waals surface area contributed by atoms with E-state index in [1.54, 1.807) is 27.5 Å². The molecule has 0 aliphatic heterocycles. The summed E-state index contributed by atoms with van der Waals surface area (Å²) in [6.45, 7) is 9.16. The van der Waals surface area contributed by atoms with Crippen LogP contribution in [0.25, 0.3) is 5.52 Å². The molecule has 1 N–H and O–H groups in total. The molecule has 19 heavy (non-hydrogen) atoms. The topological polar surface area (TPSA) is 51.3 Å². The summed E-state index contributed by atoms with van der Waals surface area (Å²) in [5.41, 5.74) is 0.982. The van der Waals surface area contributed by atoms with Crippen LogP contribution in [0.1, 0.15) is 27.2 Å². The Bertz CT molecular complexity index is 591. The van der Waals surface area contributed by atoms with E-state index in [4.69, 9.17) is 0 Å². The summed E-state index contributed by atoms with van der Waals surface area (Å²) in [6, 6.07) is 1.74. The van der Waals surface area contributed by atoms with Crippen LogP contribution in [0.2, 0.25) is 0 Å². The van der Waals surface area contributed by atoms with E-state index in [2.05, 4.69) is 31.2 Å². The molecule has 0 saturated carbocycles. The van der Waals surface area contributed by atoms with Gasteiger partial charge in [-0.3, -0.25) is 4.79 Å². The van der Waals surface area contributed by atoms with E-state index in [9.17, 15) is 4.79 Å². The van der Waals surface area contributed by atoms with E-state index >= 15 is 0 Å². The lowest BCUT2D eigenvalue weighted by molar-refractivity contribution is 0.365. The number of nitrogens with zero attached hydrogens (tertiary/aromatic N) is 3. The summed E-state index contributed by atoms with van der Waals surface area (Å²) in [6.07, 6.45) is 6.37. The second-order valence-electron chi connectivity index (χ2n) is 6.02. The highest BCUT2D eigenvalue weighted by atomic mass is 16.1. The van der Waals surface area contributed by atoms with E-state index in [0.29, 0.717) is 17.5 Å². The van der Waals surface area contributed by atoms with Gasteiger partial charge in [-0.1, -0.05) is 20.8 Å². The summed E-state index contributed by atoms with van der Waals surface area (Å²) < 4.78 is 3.33. The summed E-state index contributed by atoms with van der Waals surface area (Å²) in [4.78, 5) is 12.1. The Labute approximate surface area is 113 Å². The number of fused-ring (bicyclic) bond motifs is 1. The number of hydrogen-bond acceptors (Lipinski definition) is 3. The van der Waals surface area contributed by atoms with Gasteiger partial charge in [0.2, 0.25) is 0 Å². The zero-order chi connectivity index (χ0) is 13.9. The molecule has 2 heterocycles. The maximum Gasteiger partial charge on any atom is 0.276 e. The van der Waals surface area contributed by atoms with Crippen LogP contribution in [-0.2, 0) is 6.54 Å². The standard InChI is InChI=1S/C14H22N4O/c1-14(2,3)5-7-15-8-9-17-10-11-18-12(13(17)19)4-6-16-18/h4,6,10-11,15H,5,7-9H2,1-3H3. The molecular formula is C14H22N4O. The van der Waals surface area contributed by atoms with Gasteiger partial charge in [-0.25, -0.2) is 4.52 Å². The van der Waals surface area contributed by atoms with Gasteiger partial charge >= 0.3 is 0 Å². The molecule has 5 nitrogen and oxygen atoms in total. The molecule has 5 heteroatoms. The summed E-state index contributed by atoms with van der Waals surface area (Å²) in [5, 5.41) is 7.42. The van der Waals surface area contributed by atoms with Crippen molar-refractivity contribution in [2.24, 2.45) is 5.41 Å². The fraction of sp³-hybridized carbons (Fsp3) is 0.571. The van der Waals surface area contributed by atoms with Crippen LogP contribution in [0.4, 0.5) is 0 Å². The Morgan fingerprint density at radius 2 is 2.05 bits per heavy atom. The number of hydrogen-bond donors (Lipinski definition) is 1. The fourth-order valence-corrected chi connectivity index (χ4v) is 1.92. The van der Waals surface area contributed by atoms with Crippen molar-refractivity contribution in [3.8, 4) is 0 Å². The van der Waals surface area contributed by atoms with Crippen molar-refractivity contribution < 1.29 is 0 Å². The molecule has 0 aromatic carbocycles. The molecule has 104 valence electrons. The Balaban J connectivity index is 1.88.